The molecule has 3 N–H and O–H groups in total. The van der Waals surface area contributed by atoms with Crippen LogP contribution in [0.4, 0.5) is 0 Å². The van der Waals surface area contributed by atoms with E-state index in [4.69, 9.17) is 23.5 Å². The number of nitrogens with zero attached hydrogens (tertiary/aromatic N) is 4. The average molecular weight is 1260 g/mol. The van der Waals surface area contributed by atoms with Gasteiger partial charge in [-0.2, -0.15) is 0 Å². The lowest BCUT2D eigenvalue weighted by Gasteiger charge is -2.31. The maximum Gasteiger partial charge on any atom is 0.328 e. The number of hydrogen-bond donors (Lipinski definition) is 3. The molecular formula is C68H87N6O15P. The van der Waals surface area contributed by atoms with Crippen molar-refractivity contribution in [1.29, 1.82) is 0 Å². The van der Waals surface area contributed by atoms with E-state index in [1.165, 1.54) is 6.66 Å². The van der Waals surface area contributed by atoms with Gasteiger partial charge in [0.05, 0.1) is 31.5 Å². The number of carboxylic acid groups (broad SMARTS) is 1. The molecule has 1 heterocycles. The molecule has 1 aliphatic rings. The molecule has 22 heteroatoms. The van der Waals surface area contributed by atoms with Crippen molar-refractivity contribution in [2.75, 3.05) is 106 Å². The summed E-state index contributed by atoms with van der Waals surface area (Å²) in [7, 11) is 0.420. The first-order chi connectivity index (χ1) is 43.4. The molecule has 6 rings (SSSR count). The van der Waals surface area contributed by atoms with Gasteiger partial charge in [0.1, 0.15) is 38.3 Å². The Balaban J connectivity index is 1.05. The van der Waals surface area contributed by atoms with Crippen molar-refractivity contribution >= 4 is 54.8 Å². The summed E-state index contributed by atoms with van der Waals surface area (Å²) in [6.07, 6.45) is -0.949. The zero-order valence-electron chi connectivity index (χ0n) is 52.0. The number of amides is 2. The molecular weight excluding hydrogens is 1170 g/mol. The summed E-state index contributed by atoms with van der Waals surface area (Å²) in [5.41, 5.74) is 3.98. The Morgan fingerprint density at radius 1 is 0.522 bits per heavy atom. The van der Waals surface area contributed by atoms with Crippen LogP contribution in [0.25, 0.3) is 0 Å². The summed E-state index contributed by atoms with van der Waals surface area (Å²) in [4.78, 5) is 115. The maximum absolute atomic E-state index is 14.2. The lowest BCUT2D eigenvalue weighted by Crippen LogP contribution is -2.47. The second kappa shape index (κ2) is 38.6. The van der Waals surface area contributed by atoms with Crippen molar-refractivity contribution in [3.63, 3.8) is 0 Å². The van der Waals surface area contributed by atoms with Gasteiger partial charge in [0.25, 0.3) is 5.91 Å². The first-order valence-electron chi connectivity index (χ1n) is 30.6. The minimum absolute atomic E-state index is 0.0386. The zero-order valence-corrected chi connectivity index (χ0v) is 52.9. The summed E-state index contributed by atoms with van der Waals surface area (Å²) in [6.45, 7) is 6.70. The Morgan fingerprint density at radius 3 is 1.49 bits per heavy atom. The molecule has 2 amide bonds. The smallest absolute Gasteiger partial charge is 0.328 e. The van der Waals surface area contributed by atoms with Gasteiger partial charge in [0, 0.05) is 96.6 Å². The van der Waals surface area contributed by atoms with Crippen LogP contribution < -0.4 is 10.6 Å². The van der Waals surface area contributed by atoms with Gasteiger partial charge in [-0.3, -0.25) is 47.9 Å². The van der Waals surface area contributed by atoms with Gasteiger partial charge in [-0.1, -0.05) is 133 Å². The standard InChI is InChI=1S/C68H87N6O15P/c1-71-35-36-72(2)38-40-74(46-63(77)78)42-41-73(39-37-71)45-62(76)69-34-32-52-24-26-57(27-25-52)65(80)70-61(68(83)88-50-56-22-14-7-15-23-56)30-29-60(75)44-58(66(81)86-48-54-18-10-5-11-19-54)33-43-89-90(3,84)51-59(67(82)87-49-55-20-12-6-13-21-55)28-31-64(79)85-47-53-16-8-4-9-17-53/h4-27,58-59,61H,28-51H2,1-3H3,(H,69,76)(H,70,80)(H,77,78)/t58?,59?,61-,90?/m1/s1. The van der Waals surface area contributed by atoms with Crippen LogP contribution in [0.3, 0.4) is 0 Å². The molecule has 1 aliphatic heterocycles. The third-order valence-corrected chi connectivity index (χ3v) is 17.1. The minimum Gasteiger partial charge on any atom is -0.480 e. The molecule has 3 unspecified atom stereocenters. The van der Waals surface area contributed by atoms with Crippen molar-refractivity contribution < 1.29 is 71.5 Å². The van der Waals surface area contributed by atoms with Crippen LogP contribution in [-0.2, 0) is 94.4 Å². The van der Waals surface area contributed by atoms with Crippen molar-refractivity contribution in [2.45, 2.75) is 77.4 Å². The molecule has 0 spiro atoms. The summed E-state index contributed by atoms with van der Waals surface area (Å²) in [6, 6.07) is 41.5. The van der Waals surface area contributed by atoms with E-state index in [9.17, 15) is 48.0 Å². The highest BCUT2D eigenvalue weighted by Gasteiger charge is 2.32. The van der Waals surface area contributed by atoms with E-state index in [0.717, 1.165) is 42.9 Å². The van der Waals surface area contributed by atoms with Gasteiger partial charge in [0.2, 0.25) is 13.3 Å². The predicted octanol–water partition coefficient (Wildman–Crippen LogP) is 7.05. The summed E-state index contributed by atoms with van der Waals surface area (Å²) >= 11 is 0. The Hall–Kier alpha value is -7.91. The fourth-order valence-electron chi connectivity index (χ4n) is 9.86. The Morgan fingerprint density at radius 2 is 0.978 bits per heavy atom. The van der Waals surface area contributed by atoms with Gasteiger partial charge < -0.3 is 49.0 Å². The van der Waals surface area contributed by atoms with Gasteiger partial charge in [-0.15, -0.1) is 0 Å². The number of rotatable bonds is 34. The van der Waals surface area contributed by atoms with Gasteiger partial charge in [0.15, 0.2) is 0 Å². The minimum atomic E-state index is -3.65. The third-order valence-electron chi connectivity index (χ3n) is 15.3. The van der Waals surface area contributed by atoms with Gasteiger partial charge in [-0.05, 0) is 79.7 Å². The topological polar surface area (TPSA) is 257 Å². The quantitative estimate of drug-likeness (QED) is 0.0212. The number of carbonyl (C=O) groups is 8. The fraction of sp³-hybridized carbons (Fsp3) is 0.441. The number of carboxylic acids is 1. The first kappa shape index (κ1) is 71.2. The SMILES string of the molecule is CN1CCN(C)CCN(CC(=O)NCCc2ccc(C(=O)N[C@H](CCC(=O)CC(CCOP(C)(=O)CC(CCC(=O)OCc3ccccc3)C(=O)OCc3ccccc3)C(=O)OCc3ccccc3)C(=O)OCc3ccccc3)cc2)CCN(CC(=O)O)CC1. The lowest BCUT2D eigenvalue weighted by atomic mass is 9.96. The highest BCUT2D eigenvalue weighted by molar-refractivity contribution is 7.58. The normalized spacial score (nSPS) is 15.5. The van der Waals surface area contributed by atoms with Crippen LogP contribution in [0.1, 0.15) is 76.7 Å². The molecule has 0 radical (unpaired) electrons. The molecule has 5 aromatic carbocycles. The number of ether oxygens (including phenoxy) is 4. The molecule has 0 saturated carbocycles. The molecule has 21 nitrogen and oxygen atoms in total. The average Bonchev–Trinajstić information content (AvgIpc) is 3.16. The third kappa shape index (κ3) is 27.9. The van der Waals surface area contributed by atoms with Crippen molar-refractivity contribution in [3.8, 4) is 0 Å². The number of hydrogen-bond acceptors (Lipinski definition) is 18. The van der Waals surface area contributed by atoms with E-state index in [-0.39, 0.29) is 102 Å². The number of carbonyl (C=O) groups excluding carboxylic acids is 7. The van der Waals surface area contributed by atoms with Crippen molar-refractivity contribution in [3.05, 3.63) is 179 Å². The number of Topliss-reactive ketones (excluding diaryl/α,β-unsaturated/α-hetero) is 1. The first-order valence-corrected chi connectivity index (χ1v) is 32.9. The highest BCUT2D eigenvalue weighted by Crippen LogP contribution is 2.46. The molecule has 90 heavy (non-hydrogen) atoms. The Labute approximate surface area is 528 Å². The van der Waals surface area contributed by atoms with E-state index in [0.29, 0.717) is 50.3 Å². The number of likely N-dealkylation sites (N-methyl/N-ethyl adjacent to an activating group) is 2. The van der Waals surface area contributed by atoms with Gasteiger partial charge in [-0.25, -0.2) is 4.79 Å². The summed E-state index contributed by atoms with van der Waals surface area (Å²) in [5, 5.41) is 15.2. The second-order valence-corrected chi connectivity index (χ2v) is 25.5. The Kier molecular flexibility index (Phi) is 30.5. The molecule has 1 saturated heterocycles. The van der Waals surface area contributed by atoms with Crippen LogP contribution in [-0.4, -0.2) is 184 Å². The highest BCUT2D eigenvalue weighted by atomic mass is 31.2. The predicted molar refractivity (Wildman–Crippen MR) is 339 cm³/mol. The number of esters is 4. The lowest BCUT2D eigenvalue weighted by molar-refractivity contribution is -0.152. The maximum atomic E-state index is 14.2. The van der Waals surface area contributed by atoms with Crippen LogP contribution in [0, 0.1) is 11.8 Å². The zero-order chi connectivity index (χ0) is 64.5. The van der Waals surface area contributed by atoms with Gasteiger partial charge >= 0.3 is 29.8 Å². The van der Waals surface area contributed by atoms with Crippen LogP contribution in [0.5, 0.6) is 0 Å². The van der Waals surface area contributed by atoms with E-state index in [1.54, 1.807) is 97.1 Å². The van der Waals surface area contributed by atoms with E-state index in [2.05, 4.69) is 20.4 Å². The molecule has 484 valence electrons. The van der Waals surface area contributed by atoms with Crippen LogP contribution >= 0.6 is 7.37 Å². The van der Waals surface area contributed by atoms with Crippen LogP contribution in [0.2, 0.25) is 0 Å². The van der Waals surface area contributed by atoms with Crippen molar-refractivity contribution in [1.82, 2.24) is 30.2 Å². The van der Waals surface area contributed by atoms with Crippen LogP contribution in [0.15, 0.2) is 146 Å². The van der Waals surface area contributed by atoms with Crippen molar-refractivity contribution in [2.24, 2.45) is 11.8 Å². The number of ketones is 1. The van der Waals surface area contributed by atoms with E-state index < -0.39 is 66.8 Å². The number of nitrogens with one attached hydrogen (secondary N) is 2. The molecule has 5 aromatic rings. The van der Waals surface area contributed by atoms with E-state index >= 15 is 0 Å². The largest absolute Gasteiger partial charge is 0.480 e. The molecule has 0 bridgehead atoms. The molecule has 0 aliphatic carbocycles. The summed E-state index contributed by atoms with van der Waals surface area (Å²) in [5.74, 6) is -6.95. The van der Waals surface area contributed by atoms with E-state index in [1.807, 2.05) is 72.4 Å². The summed E-state index contributed by atoms with van der Waals surface area (Å²) < 4.78 is 42.6. The second-order valence-electron chi connectivity index (χ2n) is 22.8. The Bertz CT molecular complexity index is 3090. The molecule has 0 aromatic heterocycles. The monoisotopic (exact) mass is 1260 g/mol. The molecule has 1 fully saturated rings. The fourth-order valence-corrected chi connectivity index (χ4v) is 11.6. The number of aliphatic carboxylic acids is 1. The number of benzene rings is 5. The molecule has 4 atom stereocenters.